The first-order valence-electron chi connectivity index (χ1n) is 12.4. The molecule has 0 bridgehead atoms. The highest BCUT2D eigenvalue weighted by Gasteiger charge is 2.51. The first-order chi connectivity index (χ1) is 17.3. The molecule has 0 aliphatic carbocycles. The summed E-state index contributed by atoms with van der Waals surface area (Å²) in [5.74, 6) is -0.962. The molecule has 188 valence electrons. The zero-order valence-electron chi connectivity index (χ0n) is 20.4. The molecule has 2 atom stereocenters. The minimum Gasteiger partial charge on any atom is -0.379 e. The lowest BCUT2D eigenvalue weighted by atomic mass is 10.0. The summed E-state index contributed by atoms with van der Waals surface area (Å²) in [6.07, 6.45) is 0.592. The van der Waals surface area contributed by atoms with Gasteiger partial charge in [-0.2, -0.15) is 0 Å². The van der Waals surface area contributed by atoms with E-state index in [9.17, 15) is 19.2 Å². The summed E-state index contributed by atoms with van der Waals surface area (Å²) in [5.41, 5.74) is 4.09. The molecule has 9 nitrogen and oxygen atoms in total. The average molecular weight is 492 g/mol. The smallest absolute Gasteiger partial charge is 0.347 e. The summed E-state index contributed by atoms with van der Waals surface area (Å²) in [5, 5.41) is 5.32. The van der Waals surface area contributed by atoms with Gasteiger partial charge in [-0.1, -0.05) is 18.2 Å². The van der Waals surface area contributed by atoms with E-state index in [0.29, 0.717) is 30.6 Å². The largest absolute Gasteiger partial charge is 0.379 e. The molecule has 2 aromatic rings. The van der Waals surface area contributed by atoms with Gasteiger partial charge in [0.05, 0.1) is 25.8 Å². The number of piperidine rings is 1. The van der Waals surface area contributed by atoms with E-state index >= 15 is 0 Å². The van der Waals surface area contributed by atoms with Crippen LogP contribution in [0, 0.1) is 0 Å². The lowest BCUT2D eigenvalue weighted by Crippen LogP contribution is -2.61. The van der Waals surface area contributed by atoms with Gasteiger partial charge in [-0.05, 0) is 35.4 Å². The number of likely N-dealkylation sites (N-methyl/N-ethyl adjacent to an activating group) is 1. The van der Waals surface area contributed by atoms with Crippen LogP contribution in [0.3, 0.4) is 0 Å². The first-order valence-corrected chi connectivity index (χ1v) is 12.4. The number of nitrogens with one attached hydrogen (secondary N) is 2. The van der Waals surface area contributed by atoms with Crippen molar-refractivity contribution >= 4 is 23.6 Å². The van der Waals surface area contributed by atoms with Crippen LogP contribution < -0.4 is 10.6 Å². The quantitative estimate of drug-likeness (QED) is 0.467. The molecule has 3 heterocycles. The van der Waals surface area contributed by atoms with Crippen LogP contribution in [0.15, 0.2) is 42.5 Å². The van der Waals surface area contributed by atoms with Crippen LogP contribution in [-0.2, 0) is 34.0 Å². The molecule has 2 N–H and O–H groups in total. The summed E-state index contributed by atoms with van der Waals surface area (Å²) in [6, 6.07) is 12.6. The minimum absolute atomic E-state index is 0.0684. The maximum absolute atomic E-state index is 13.2. The Labute approximate surface area is 210 Å². The van der Waals surface area contributed by atoms with E-state index < -0.39 is 11.9 Å². The topological polar surface area (TPSA) is 105 Å². The van der Waals surface area contributed by atoms with Gasteiger partial charge in [-0.25, -0.2) is 9.28 Å². The number of rotatable bonds is 6. The zero-order valence-corrected chi connectivity index (χ0v) is 20.4. The van der Waals surface area contributed by atoms with Gasteiger partial charge in [0.15, 0.2) is 6.04 Å². The average Bonchev–Trinajstić information content (AvgIpc) is 3.13. The molecule has 0 spiro atoms. The summed E-state index contributed by atoms with van der Waals surface area (Å²) in [4.78, 5) is 52.2. The fourth-order valence-corrected chi connectivity index (χ4v) is 5.34. The number of carbonyl (C=O) groups excluding carboxylic acids is 4. The number of fused-ring (bicyclic) bond motifs is 1. The van der Waals surface area contributed by atoms with Gasteiger partial charge < -0.3 is 10.1 Å². The van der Waals surface area contributed by atoms with Gasteiger partial charge in [0.2, 0.25) is 5.91 Å². The normalized spacial score (nSPS) is 24.4. The lowest BCUT2D eigenvalue weighted by Gasteiger charge is -2.35. The van der Waals surface area contributed by atoms with E-state index in [1.807, 2.05) is 36.4 Å². The molecule has 2 unspecified atom stereocenters. The predicted molar refractivity (Wildman–Crippen MR) is 131 cm³/mol. The van der Waals surface area contributed by atoms with Crippen molar-refractivity contribution in [3.63, 3.8) is 0 Å². The highest BCUT2D eigenvalue weighted by molar-refractivity contribution is 6.02. The second-order valence-electron chi connectivity index (χ2n) is 9.96. The Kier molecular flexibility index (Phi) is 6.70. The molecule has 0 radical (unpaired) electrons. The summed E-state index contributed by atoms with van der Waals surface area (Å²) in [7, 11) is 1.76. The van der Waals surface area contributed by atoms with Crippen molar-refractivity contribution in [2.24, 2.45) is 0 Å². The molecule has 2 aromatic carbocycles. The van der Waals surface area contributed by atoms with E-state index in [1.54, 1.807) is 13.1 Å². The molecule has 3 aliphatic rings. The highest BCUT2D eigenvalue weighted by Crippen LogP contribution is 2.34. The van der Waals surface area contributed by atoms with Crippen LogP contribution in [0.2, 0.25) is 0 Å². The predicted octanol–water partition coefficient (Wildman–Crippen LogP) is 1.35. The Morgan fingerprint density at radius 3 is 2.53 bits per heavy atom. The summed E-state index contributed by atoms with van der Waals surface area (Å²) in [6.45, 7) is 4.90. The van der Waals surface area contributed by atoms with Crippen LogP contribution in [-0.4, -0.2) is 72.4 Å². The van der Waals surface area contributed by atoms with Crippen molar-refractivity contribution in [3.05, 3.63) is 70.3 Å². The maximum Gasteiger partial charge on any atom is 0.347 e. The summed E-state index contributed by atoms with van der Waals surface area (Å²) >= 11 is 0. The number of carbonyl (C=O) groups is 4. The van der Waals surface area contributed by atoms with E-state index in [-0.39, 0.29) is 28.6 Å². The molecule has 3 aliphatic heterocycles. The third-order valence-electron chi connectivity index (χ3n) is 7.44. The van der Waals surface area contributed by atoms with Crippen LogP contribution in [0.4, 0.5) is 0 Å². The SMILES string of the molecule is C[N+]1(C2CCC(=O)NC2=O)Cc2cc(CNC(=O)c3ccc(CN4CCOCC4)cc3)ccc2C1=O. The third kappa shape index (κ3) is 4.82. The molecule has 4 amide bonds. The molecular formula is C27H31N4O5+. The zero-order chi connectivity index (χ0) is 25.3. The molecule has 2 fully saturated rings. The van der Waals surface area contributed by atoms with E-state index in [4.69, 9.17) is 4.74 Å². The van der Waals surface area contributed by atoms with E-state index in [2.05, 4.69) is 15.5 Å². The molecule has 36 heavy (non-hydrogen) atoms. The van der Waals surface area contributed by atoms with Crippen molar-refractivity contribution in [2.45, 2.75) is 38.5 Å². The highest BCUT2D eigenvalue weighted by atomic mass is 16.5. The number of nitrogens with zero attached hydrogens (tertiary/aromatic N) is 2. The van der Waals surface area contributed by atoms with Gasteiger partial charge in [-0.15, -0.1) is 0 Å². The van der Waals surface area contributed by atoms with Crippen molar-refractivity contribution in [1.82, 2.24) is 15.5 Å². The second kappa shape index (κ2) is 9.93. The number of hydrogen-bond acceptors (Lipinski definition) is 6. The number of amides is 4. The van der Waals surface area contributed by atoms with Crippen LogP contribution in [0.5, 0.6) is 0 Å². The number of morpholine rings is 1. The number of quaternary nitrogens is 1. The Hall–Kier alpha value is -3.40. The van der Waals surface area contributed by atoms with E-state index in [0.717, 1.165) is 49.5 Å². The van der Waals surface area contributed by atoms with Crippen LogP contribution >= 0.6 is 0 Å². The van der Waals surface area contributed by atoms with Gasteiger partial charge >= 0.3 is 5.91 Å². The number of benzene rings is 2. The Bertz CT molecular complexity index is 1210. The van der Waals surface area contributed by atoms with Crippen molar-refractivity contribution in [2.75, 3.05) is 33.4 Å². The van der Waals surface area contributed by atoms with E-state index in [1.165, 1.54) is 0 Å². The second-order valence-corrected chi connectivity index (χ2v) is 9.96. The Morgan fingerprint density at radius 2 is 1.81 bits per heavy atom. The van der Waals surface area contributed by atoms with Gasteiger partial charge in [0.1, 0.15) is 6.54 Å². The fourth-order valence-electron chi connectivity index (χ4n) is 5.34. The Balaban J connectivity index is 1.20. The van der Waals surface area contributed by atoms with Gasteiger partial charge in [0, 0.05) is 50.1 Å². The van der Waals surface area contributed by atoms with Crippen molar-refractivity contribution < 1.29 is 28.4 Å². The number of imide groups is 1. The van der Waals surface area contributed by atoms with Gasteiger partial charge in [-0.3, -0.25) is 24.6 Å². The molecule has 5 rings (SSSR count). The lowest BCUT2D eigenvalue weighted by molar-refractivity contribution is -0.855. The molecule has 9 heteroatoms. The standard InChI is InChI=1S/C27H30N4O5/c1-31(23-8-9-24(32)29-26(23)34)17-21-14-19(4-7-22(21)27(31)35)15-28-25(33)20-5-2-18(3-6-20)16-30-10-12-36-13-11-30/h2-7,14,23H,8-13,15-17H2,1H3,(H-,28,29,32,33,34)/p+1. The molecule has 0 aromatic heterocycles. The molecule has 2 saturated heterocycles. The molecule has 0 saturated carbocycles. The fraction of sp³-hybridized carbons (Fsp3) is 0.407. The van der Waals surface area contributed by atoms with Crippen molar-refractivity contribution in [1.29, 1.82) is 0 Å². The summed E-state index contributed by atoms with van der Waals surface area (Å²) < 4.78 is 5.32. The first kappa shape index (κ1) is 24.3. The monoisotopic (exact) mass is 491 g/mol. The number of hydrogen-bond donors (Lipinski definition) is 2. The Morgan fingerprint density at radius 1 is 1.08 bits per heavy atom. The minimum atomic E-state index is -0.586. The van der Waals surface area contributed by atoms with Crippen molar-refractivity contribution in [3.8, 4) is 0 Å². The van der Waals surface area contributed by atoms with Gasteiger partial charge in [0.25, 0.3) is 11.8 Å². The maximum atomic E-state index is 13.2. The van der Waals surface area contributed by atoms with Crippen LogP contribution in [0.25, 0.3) is 0 Å². The number of ether oxygens (including phenoxy) is 1. The van der Waals surface area contributed by atoms with Crippen LogP contribution in [0.1, 0.15) is 50.2 Å². The third-order valence-corrected chi connectivity index (χ3v) is 7.44. The molecular weight excluding hydrogens is 460 g/mol.